The van der Waals surface area contributed by atoms with Crippen LogP contribution in [0.4, 0.5) is 37.2 Å². The number of alkyl halides is 1. The lowest BCUT2D eigenvalue weighted by Gasteiger charge is -2.65. The molecule has 10 aromatic heterocycles. The zero-order valence-electron chi connectivity index (χ0n) is 73.6. The van der Waals surface area contributed by atoms with Crippen LogP contribution in [0.5, 0.6) is 23.5 Å². The van der Waals surface area contributed by atoms with Crippen molar-refractivity contribution in [3.05, 3.63) is 247 Å². The van der Waals surface area contributed by atoms with Crippen molar-refractivity contribution in [3.8, 4) is 23.5 Å². The van der Waals surface area contributed by atoms with Crippen molar-refractivity contribution in [2.45, 2.75) is 102 Å². The third-order valence-electron chi connectivity index (χ3n) is 24.2. The molecule has 7 aliphatic rings. The first kappa shape index (κ1) is 90.1. The van der Waals surface area contributed by atoms with E-state index in [0.717, 1.165) is 100.0 Å². The minimum Gasteiger partial charge on any atom is -0.476 e. The van der Waals surface area contributed by atoms with Gasteiger partial charge in [0.25, 0.3) is 29.5 Å². The molecule has 5 aromatic carbocycles. The second kappa shape index (κ2) is 41.5. The molecule has 5 saturated carbocycles. The molecule has 12 heterocycles. The van der Waals surface area contributed by atoms with E-state index >= 15 is 0 Å². The largest absolute Gasteiger partial charge is 0.476 e. The number of rotatable bonds is 25. The van der Waals surface area contributed by atoms with Gasteiger partial charge in [-0.15, -0.1) is 20.4 Å². The van der Waals surface area contributed by atoms with Gasteiger partial charge in [0, 0.05) is 99.4 Å². The minimum absolute atomic E-state index is 0.0439. The summed E-state index contributed by atoms with van der Waals surface area (Å²) >= 11 is 0. The lowest BCUT2D eigenvalue weighted by molar-refractivity contribution is -0.210. The van der Waals surface area contributed by atoms with Crippen LogP contribution in [0.3, 0.4) is 0 Å². The summed E-state index contributed by atoms with van der Waals surface area (Å²) < 4.78 is 71.7. The molecule has 2 bridgehead atoms. The van der Waals surface area contributed by atoms with Gasteiger partial charge in [0.05, 0.1) is 95.0 Å². The number of benzene rings is 5. The monoisotopic (exact) mass is 1800 g/mol. The number of aromatic amines is 2. The second-order valence-corrected chi connectivity index (χ2v) is 34.0. The molecule has 5 aliphatic carbocycles. The maximum Gasteiger partial charge on any atom is 0.274 e. The Morgan fingerprint density at radius 2 is 0.797 bits per heavy atom. The summed E-state index contributed by atoms with van der Waals surface area (Å²) in [6, 6.07) is 51.0. The van der Waals surface area contributed by atoms with E-state index < -0.39 is 17.4 Å². The lowest BCUT2D eigenvalue weighted by atomic mass is 9.41. The van der Waals surface area contributed by atoms with Crippen LogP contribution in [-0.2, 0) is 35.4 Å². The van der Waals surface area contributed by atoms with E-state index in [1.807, 2.05) is 80.8 Å². The highest BCUT2D eigenvalue weighted by Crippen LogP contribution is 2.71. The molecular formula is C98H100F2N20O13. The van der Waals surface area contributed by atoms with Gasteiger partial charge in [-0.3, -0.25) is 72.9 Å². The molecule has 0 unspecified atom stereocenters. The fraction of sp³-hybridized carbons (Fsp3) is 0.327. The molecule has 35 heteroatoms. The first-order valence-corrected chi connectivity index (χ1v) is 44.5. The van der Waals surface area contributed by atoms with Crippen molar-refractivity contribution in [1.82, 2.24) is 74.7 Å². The van der Waals surface area contributed by atoms with Crippen LogP contribution in [0.2, 0.25) is 0 Å². The normalized spacial score (nSPS) is 17.4. The summed E-state index contributed by atoms with van der Waals surface area (Å²) in [5.74, 6) is 2.16. The maximum atomic E-state index is 13.7. The average Bonchev–Trinajstić information content (AvgIpc) is 1.04. The minimum atomic E-state index is -1.01. The van der Waals surface area contributed by atoms with Crippen LogP contribution in [0, 0.1) is 29.0 Å². The van der Waals surface area contributed by atoms with Crippen LogP contribution in [-0.4, -0.2) is 181 Å². The first-order chi connectivity index (χ1) is 64.8. The number of carbonyl (C=O) groups is 6. The van der Waals surface area contributed by atoms with Crippen LogP contribution in [0.15, 0.2) is 207 Å². The molecule has 5 amide bonds. The van der Waals surface area contributed by atoms with Crippen molar-refractivity contribution in [2.75, 3.05) is 86.0 Å². The number of ether oxygens (including phenoxy) is 7. The fourth-order valence-electron chi connectivity index (χ4n) is 17.3. The van der Waals surface area contributed by atoms with Gasteiger partial charge in [0.15, 0.2) is 5.78 Å². The Labute approximate surface area is 762 Å². The van der Waals surface area contributed by atoms with Crippen molar-refractivity contribution in [2.24, 2.45) is 44.3 Å². The van der Waals surface area contributed by atoms with Gasteiger partial charge in [0.1, 0.15) is 58.4 Å². The Morgan fingerprint density at radius 1 is 0.414 bits per heavy atom. The smallest absolute Gasteiger partial charge is 0.274 e. The topological polar surface area (TPSA) is 402 Å². The molecule has 7 N–H and O–H groups in total. The van der Waals surface area contributed by atoms with E-state index in [-0.39, 0.29) is 46.6 Å². The highest BCUT2D eigenvalue weighted by molar-refractivity contribution is 6.10. The molecule has 684 valence electrons. The SMILES string of the molecule is Cn1nc(C(=O)CC23CC(F)(C2)C3)c2ccc(NC(=O)c3ccccn3)cc21.Cn1nc(OCC2CCOCC2)c2ccc(NC(=O)c3ccc(F)cn3)cc21.Cn1nc(OC[C@@H]2COCCO2)c2ccc(NC(=O)c3ccccn3)cc21.O=C(Nc1ccc2c(OCC3CCCC3)n[nH]c2c1)c1ccccn1.O=C(Nc1ccc2c(OCC3CCCC3)n[nH]c2c1)c1ccccn1. The number of nitrogens with one attached hydrogen (secondary N) is 7. The number of hydrogen-bond donors (Lipinski definition) is 7. The molecule has 1 atom stereocenters. The number of Topliss-reactive ketones (excluding diaryl/α,β-unsaturated/α-hetero) is 1. The Hall–Kier alpha value is -14.8. The first-order valence-electron chi connectivity index (χ1n) is 44.5. The molecule has 2 saturated heterocycles. The molecule has 0 spiro atoms. The zero-order valence-corrected chi connectivity index (χ0v) is 73.6. The third kappa shape index (κ3) is 22.4. The second-order valence-electron chi connectivity index (χ2n) is 34.0. The van der Waals surface area contributed by atoms with Crippen LogP contribution in [0.1, 0.15) is 153 Å². The number of nitrogens with zero attached hydrogens (tertiary/aromatic N) is 13. The van der Waals surface area contributed by atoms with Gasteiger partial charge in [-0.05, 0) is 233 Å². The summed E-state index contributed by atoms with van der Waals surface area (Å²) in [4.78, 5) is 94.0. The Balaban J connectivity index is 0.000000116. The molecular weight excluding hydrogens is 1700 g/mol. The van der Waals surface area contributed by atoms with E-state index in [4.69, 9.17) is 33.2 Å². The predicted molar refractivity (Wildman–Crippen MR) is 494 cm³/mol. The lowest BCUT2D eigenvalue weighted by Crippen LogP contribution is -2.64. The van der Waals surface area contributed by atoms with E-state index in [2.05, 4.69) is 87.2 Å². The summed E-state index contributed by atoms with van der Waals surface area (Å²) in [6.07, 6.45) is 21.3. The van der Waals surface area contributed by atoms with E-state index in [0.29, 0.717) is 157 Å². The summed E-state index contributed by atoms with van der Waals surface area (Å²) in [5, 5.41) is 46.2. The maximum absolute atomic E-state index is 13.7. The highest BCUT2D eigenvalue weighted by Gasteiger charge is 2.69. The number of anilines is 5. The van der Waals surface area contributed by atoms with E-state index in [1.165, 1.54) is 63.5 Å². The number of hydrogen-bond acceptors (Lipinski definition) is 23. The number of ketones is 1. The van der Waals surface area contributed by atoms with Gasteiger partial charge in [-0.2, -0.15) is 5.10 Å². The number of aryl methyl sites for hydroxylation is 3. The van der Waals surface area contributed by atoms with Crippen molar-refractivity contribution < 1.29 is 70.7 Å². The number of H-pyrrole nitrogens is 2. The van der Waals surface area contributed by atoms with E-state index in [9.17, 15) is 37.5 Å². The molecule has 7 fully saturated rings. The molecule has 2 aliphatic heterocycles. The van der Waals surface area contributed by atoms with Gasteiger partial charge >= 0.3 is 0 Å². The van der Waals surface area contributed by atoms with Gasteiger partial charge in [-0.25, -0.2) is 13.8 Å². The average molecular weight is 1800 g/mol. The number of carbonyl (C=O) groups excluding carboxylic acids is 6. The molecule has 33 nitrogen and oxygen atoms in total. The van der Waals surface area contributed by atoms with Crippen LogP contribution < -0.4 is 45.5 Å². The third-order valence-corrected chi connectivity index (χ3v) is 24.2. The van der Waals surface area contributed by atoms with Crippen molar-refractivity contribution >= 4 is 118 Å². The Bertz CT molecular complexity index is 6450. The number of amides is 5. The summed E-state index contributed by atoms with van der Waals surface area (Å²) in [7, 11) is 5.43. The van der Waals surface area contributed by atoms with Crippen molar-refractivity contribution in [3.63, 3.8) is 0 Å². The predicted octanol–water partition coefficient (Wildman–Crippen LogP) is 16.4. The molecule has 22 rings (SSSR count). The van der Waals surface area contributed by atoms with Gasteiger partial charge in [0.2, 0.25) is 23.5 Å². The van der Waals surface area contributed by atoms with E-state index in [1.54, 1.807) is 143 Å². The standard InChI is InChI=1S/C21H19FN4O2.C20H21FN4O3.C19H20N4O4.2C19H20N4O2/c1-26-16-8-13(24-19(28)15-4-2-3-7-23-15)5-6-14(16)18(25-26)17(27)9-20-10-21(22,11-20)12-20;1-25-18-10-15(23-19(26)17-5-2-14(21)11-22-17)3-4-16(18)20(24-25)28-12-13-6-8-27-9-7-13;1-23-17-10-13(21-18(24)16-4-2-3-7-20-16)5-6-15(17)19(22-23)27-12-14-11-25-8-9-26-14;2*24-18(16-7-3-4-10-20-16)21-14-8-9-15-17(11-14)22-23-19(15)25-12-13-5-1-2-6-13/h2-8H,9-12H2,1H3,(H,24,28);2-5,10-11,13H,6-9,12H2,1H3,(H,23,26);2-7,10,14H,8-9,11-12H2,1H3,(H,21,24);2*3-4,7-11,13H,1-2,5-6,12H2,(H,21,24)(H,22,23)/t;;14-;;/m..0../s1. The Kier molecular flexibility index (Phi) is 28.1. The fourth-order valence-corrected chi connectivity index (χ4v) is 17.3. The van der Waals surface area contributed by atoms with Crippen LogP contribution >= 0.6 is 0 Å². The molecule has 15 aromatic rings. The number of pyridine rings is 5. The number of halogens is 2. The zero-order chi connectivity index (χ0) is 91.8. The van der Waals surface area contributed by atoms with Gasteiger partial charge < -0.3 is 59.7 Å². The molecule has 0 radical (unpaired) electrons. The Morgan fingerprint density at radius 3 is 1.20 bits per heavy atom. The quantitative estimate of drug-likeness (QED) is 0.0261. The van der Waals surface area contributed by atoms with Crippen LogP contribution in [0.25, 0.3) is 54.5 Å². The number of fused-ring (bicyclic) bond motifs is 5. The van der Waals surface area contributed by atoms with Crippen molar-refractivity contribution in [1.29, 1.82) is 0 Å². The summed E-state index contributed by atoms with van der Waals surface area (Å²) in [5.41, 5.74) is 8.21. The number of aromatic nitrogens is 15. The van der Waals surface area contributed by atoms with Gasteiger partial charge in [-0.1, -0.05) is 49.9 Å². The molecule has 133 heavy (non-hydrogen) atoms. The summed E-state index contributed by atoms with van der Waals surface area (Å²) in [6.45, 7) is 5.72. The highest BCUT2D eigenvalue weighted by atomic mass is 19.1.